The van der Waals surface area contributed by atoms with Crippen LogP contribution < -0.4 is 5.32 Å². The van der Waals surface area contributed by atoms with E-state index in [2.05, 4.69) is 32.2 Å². The molecule has 0 saturated carbocycles. The summed E-state index contributed by atoms with van der Waals surface area (Å²) < 4.78 is 0. The van der Waals surface area contributed by atoms with Crippen molar-refractivity contribution in [1.82, 2.24) is 5.32 Å². The number of hydrogen-bond donors (Lipinski definition) is 1. The Kier molecular flexibility index (Phi) is 6.02. The fraction of sp³-hybridized carbons (Fsp3) is 0.261. The van der Waals surface area contributed by atoms with Gasteiger partial charge in [-0.3, -0.25) is 4.79 Å². The fourth-order valence-corrected chi connectivity index (χ4v) is 3.92. The van der Waals surface area contributed by atoms with E-state index in [4.69, 9.17) is 0 Å². The molecule has 2 nitrogen and oxygen atoms in total. The lowest BCUT2D eigenvalue weighted by atomic mass is 10.0. The van der Waals surface area contributed by atoms with E-state index in [1.807, 2.05) is 65.9 Å². The molecule has 0 aliphatic rings. The van der Waals surface area contributed by atoms with Crippen LogP contribution in [0.4, 0.5) is 0 Å². The van der Waals surface area contributed by atoms with Crippen molar-refractivity contribution in [2.75, 3.05) is 0 Å². The van der Waals surface area contributed by atoms with Crippen molar-refractivity contribution in [3.8, 4) is 10.4 Å². The molecule has 1 aromatic heterocycles. The minimum absolute atomic E-state index is 0.0675. The lowest BCUT2D eigenvalue weighted by Gasteiger charge is -2.10. The molecule has 2 aromatic carbocycles. The first-order valence-electron chi connectivity index (χ1n) is 9.11. The van der Waals surface area contributed by atoms with Crippen LogP contribution in [0.3, 0.4) is 0 Å². The number of ketones is 1. The summed E-state index contributed by atoms with van der Waals surface area (Å²) in [5, 5.41) is 3.56. The highest BCUT2D eigenvalue weighted by atomic mass is 32.1. The third-order valence-corrected chi connectivity index (χ3v) is 6.00. The van der Waals surface area contributed by atoms with Gasteiger partial charge in [0.05, 0.1) is 0 Å². The summed E-state index contributed by atoms with van der Waals surface area (Å²) in [7, 11) is 0. The average Bonchev–Trinajstić information content (AvgIpc) is 3.07. The Morgan fingerprint density at radius 3 is 2.35 bits per heavy atom. The molecular formula is C23H25NOS. The lowest BCUT2D eigenvalue weighted by molar-refractivity contribution is 0.103. The zero-order valence-corrected chi connectivity index (χ0v) is 16.4. The molecule has 0 amide bonds. The molecule has 0 radical (unpaired) electrons. The zero-order chi connectivity index (χ0) is 18.5. The Morgan fingerprint density at radius 1 is 1.04 bits per heavy atom. The normalized spacial score (nSPS) is 12.1. The van der Waals surface area contributed by atoms with Crippen molar-refractivity contribution >= 4 is 17.1 Å². The lowest BCUT2D eigenvalue weighted by Crippen LogP contribution is -2.24. The van der Waals surface area contributed by atoms with Crippen molar-refractivity contribution in [3.05, 3.63) is 82.2 Å². The van der Waals surface area contributed by atoms with Gasteiger partial charge in [0.25, 0.3) is 0 Å². The fourth-order valence-electron chi connectivity index (χ4n) is 2.79. The number of hydrogen-bond acceptors (Lipinski definition) is 3. The smallest absolute Gasteiger partial charge is 0.193 e. The quantitative estimate of drug-likeness (QED) is 0.534. The number of rotatable bonds is 7. The second-order valence-corrected chi connectivity index (χ2v) is 7.82. The molecule has 26 heavy (non-hydrogen) atoms. The van der Waals surface area contributed by atoms with Gasteiger partial charge < -0.3 is 5.32 Å². The molecule has 134 valence electrons. The van der Waals surface area contributed by atoms with Crippen LogP contribution in [0.1, 0.15) is 46.6 Å². The predicted octanol–water partition coefficient (Wildman–Crippen LogP) is 5.84. The first kappa shape index (κ1) is 18.6. The molecule has 0 aliphatic heterocycles. The van der Waals surface area contributed by atoms with Crippen LogP contribution in [-0.4, -0.2) is 11.8 Å². The minimum atomic E-state index is 0.0675. The highest BCUT2D eigenvalue weighted by Crippen LogP contribution is 2.31. The molecular weight excluding hydrogens is 338 g/mol. The van der Waals surface area contributed by atoms with Crippen LogP contribution in [0.15, 0.2) is 60.7 Å². The van der Waals surface area contributed by atoms with Crippen LogP contribution >= 0.6 is 11.3 Å². The second-order valence-electron chi connectivity index (χ2n) is 6.68. The van der Waals surface area contributed by atoms with Crippen molar-refractivity contribution in [3.63, 3.8) is 0 Å². The predicted molar refractivity (Wildman–Crippen MR) is 111 cm³/mol. The zero-order valence-electron chi connectivity index (χ0n) is 15.6. The van der Waals surface area contributed by atoms with Gasteiger partial charge in [0.15, 0.2) is 5.78 Å². The topological polar surface area (TPSA) is 29.1 Å². The third kappa shape index (κ3) is 4.29. The summed E-state index contributed by atoms with van der Waals surface area (Å²) in [5.41, 5.74) is 3.94. The maximum atomic E-state index is 12.5. The van der Waals surface area contributed by atoms with Gasteiger partial charge in [-0.15, -0.1) is 11.3 Å². The van der Waals surface area contributed by atoms with Crippen LogP contribution in [0.25, 0.3) is 10.4 Å². The summed E-state index contributed by atoms with van der Waals surface area (Å²) in [5.74, 6) is 0.0675. The first-order valence-corrected chi connectivity index (χ1v) is 9.93. The van der Waals surface area contributed by atoms with E-state index < -0.39 is 0 Å². The largest absolute Gasteiger partial charge is 0.309 e. The van der Waals surface area contributed by atoms with Crippen molar-refractivity contribution in [2.24, 2.45) is 0 Å². The Balaban J connectivity index is 1.76. The molecule has 0 aliphatic carbocycles. The summed E-state index contributed by atoms with van der Waals surface area (Å²) in [4.78, 5) is 15.2. The summed E-state index contributed by atoms with van der Waals surface area (Å²) in [6, 6.07) is 20.1. The van der Waals surface area contributed by atoms with Crippen molar-refractivity contribution in [1.29, 1.82) is 0 Å². The van der Waals surface area contributed by atoms with Crippen LogP contribution in [0, 0.1) is 6.92 Å². The average molecular weight is 364 g/mol. The maximum absolute atomic E-state index is 12.5. The molecule has 1 unspecified atom stereocenters. The Labute approximate surface area is 159 Å². The first-order chi connectivity index (χ1) is 12.6. The van der Waals surface area contributed by atoms with E-state index in [9.17, 15) is 4.79 Å². The summed E-state index contributed by atoms with van der Waals surface area (Å²) in [6.07, 6.45) is 1.13. The Morgan fingerprint density at radius 2 is 1.69 bits per heavy atom. The van der Waals surface area contributed by atoms with Crippen LogP contribution in [-0.2, 0) is 6.54 Å². The summed E-state index contributed by atoms with van der Waals surface area (Å²) >= 11 is 1.83. The molecule has 3 heteroatoms. The van der Waals surface area contributed by atoms with E-state index in [1.54, 1.807) is 0 Å². The van der Waals surface area contributed by atoms with Gasteiger partial charge >= 0.3 is 0 Å². The molecule has 1 atom stereocenters. The van der Waals surface area contributed by atoms with Gasteiger partial charge in [-0.2, -0.15) is 0 Å². The third-order valence-electron chi connectivity index (χ3n) is 4.71. The molecule has 1 N–H and O–H groups in total. The SMILES string of the molecule is CCC(C)NCc1sc(-c2ccc(C(=O)c3ccccc3)cc2)cc1C. The molecule has 3 aromatic rings. The molecule has 1 heterocycles. The highest BCUT2D eigenvalue weighted by molar-refractivity contribution is 7.15. The molecule has 0 saturated heterocycles. The van der Waals surface area contributed by atoms with Crippen molar-refractivity contribution in [2.45, 2.75) is 39.8 Å². The number of benzene rings is 2. The van der Waals surface area contributed by atoms with Gasteiger partial charge in [-0.05, 0) is 37.5 Å². The van der Waals surface area contributed by atoms with E-state index in [0.717, 1.165) is 29.7 Å². The van der Waals surface area contributed by atoms with Gasteiger partial charge in [-0.1, -0.05) is 61.5 Å². The van der Waals surface area contributed by atoms with Gasteiger partial charge in [0, 0.05) is 33.5 Å². The van der Waals surface area contributed by atoms with Crippen LogP contribution in [0.5, 0.6) is 0 Å². The van der Waals surface area contributed by atoms with E-state index in [1.165, 1.54) is 15.3 Å². The number of carbonyl (C=O) groups excluding carboxylic acids is 1. The van der Waals surface area contributed by atoms with Crippen molar-refractivity contribution < 1.29 is 4.79 Å². The number of nitrogens with one attached hydrogen (secondary N) is 1. The molecule has 0 fully saturated rings. The monoisotopic (exact) mass is 363 g/mol. The molecule has 3 rings (SSSR count). The van der Waals surface area contributed by atoms with Crippen LogP contribution in [0.2, 0.25) is 0 Å². The standard InChI is InChI=1S/C23H25NOS/c1-4-17(3)24-15-22-16(2)14-21(26-22)18-10-12-20(13-11-18)23(25)19-8-6-5-7-9-19/h5-14,17,24H,4,15H2,1-3H3. The maximum Gasteiger partial charge on any atom is 0.193 e. The number of aryl methyl sites for hydroxylation is 1. The number of thiophene rings is 1. The summed E-state index contributed by atoms with van der Waals surface area (Å²) in [6.45, 7) is 7.49. The number of carbonyl (C=O) groups is 1. The Hall–Kier alpha value is -2.23. The molecule has 0 spiro atoms. The second kappa shape index (κ2) is 8.43. The van der Waals surface area contributed by atoms with E-state index in [-0.39, 0.29) is 5.78 Å². The van der Waals surface area contributed by atoms with E-state index in [0.29, 0.717) is 6.04 Å². The minimum Gasteiger partial charge on any atom is -0.309 e. The van der Waals surface area contributed by atoms with E-state index >= 15 is 0 Å². The highest BCUT2D eigenvalue weighted by Gasteiger charge is 2.11. The van der Waals surface area contributed by atoms with Gasteiger partial charge in [-0.25, -0.2) is 0 Å². The van der Waals surface area contributed by atoms with Gasteiger partial charge in [0.2, 0.25) is 0 Å². The Bertz CT molecular complexity index is 865. The molecule has 0 bridgehead atoms. The van der Waals surface area contributed by atoms with Gasteiger partial charge in [0.1, 0.15) is 0 Å².